The Kier molecular flexibility index (Phi) is 12.1. The van der Waals surface area contributed by atoms with Crippen LogP contribution in [0.5, 0.6) is 17.2 Å². The smallest absolute Gasteiger partial charge is 0.411 e. The molecule has 1 aliphatic carbocycles. The van der Waals surface area contributed by atoms with Crippen molar-refractivity contribution in [2.24, 2.45) is 0 Å². The van der Waals surface area contributed by atoms with Gasteiger partial charge in [-0.1, -0.05) is 126 Å². The van der Waals surface area contributed by atoms with Crippen LogP contribution in [0.2, 0.25) is 0 Å². The van der Waals surface area contributed by atoms with Crippen LogP contribution in [0.3, 0.4) is 0 Å². The second-order valence-corrected chi connectivity index (χ2v) is 19.2. The fourth-order valence-electron chi connectivity index (χ4n) is 8.26. The summed E-state index contributed by atoms with van der Waals surface area (Å²) < 4.78 is 78.7. The van der Waals surface area contributed by atoms with E-state index < -0.39 is 38.0 Å². The number of benzene rings is 7. The molecule has 0 saturated carbocycles. The summed E-state index contributed by atoms with van der Waals surface area (Å²) >= 11 is 0. The van der Waals surface area contributed by atoms with Gasteiger partial charge >= 0.3 is 26.3 Å². The molecule has 0 atom stereocenters. The highest BCUT2D eigenvalue weighted by atomic mass is 32.2. The molecule has 7 aromatic carbocycles. The molecule has 1 N–H and O–H groups in total. The number of ether oxygens (including phenoxy) is 2. The van der Waals surface area contributed by atoms with Crippen LogP contribution in [-0.2, 0) is 44.5 Å². The van der Waals surface area contributed by atoms with Crippen LogP contribution in [-0.4, -0.2) is 46.9 Å². The first-order valence-corrected chi connectivity index (χ1v) is 24.0. The molecule has 1 aliphatic heterocycles. The van der Waals surface area contributed by atoms with Crippen molar-refractivity contribution in [3.8, 4) is 28.4 Å². The van der Waals surface area contributed by atoms with Crippen LogP contribution in [0.4, 0.5) is 10.5 Å². The van der Waals surface area contributed by atoms with Gasteiger partial charge < -0.3 is 22.7 Å². The number of amides is 2. The van der Waals surface area contributed by atoms with Crippen molar-refractivity contribution < 1.29 is 44.3 Å². The zero-order valence-corrected chi connectivity index (χ0v) is 37.6. The largest absolute Gasteiger partial charge is 0.488 e. The number of fused-ring (bicyclic) bond motifs is 4. The number of rotatable bonds is 13. The number of carbonyl (C=O) groups is 2. The van der Waals surface area contributed by atoms with Crippen molar-refractivity contribution in [1.82, 2.24) is 4.90 Å². The molecule has 0 bridgehead atoms. The maximum Gasteiger partial charge on any atom is 0.411 e. The van der Waals surface area contributed by atoms with E-state index in [1.165, 1.54) is 35.2 Å². The Bertz CT molecular complexity index is 3150. The molecule has 0 spiro atoms. The average Bonchev–Trinajstić information content (AvgIpc) is 3.63. The zero-order chi connectivity index (χ0) is 46.0. The van der Waals surface area contributed by atoms with E-state index >= 15 is 4.79 Å². The average molecular weight is 921 g/mol. The number of nitrogens with one attached hydrogen (secondary N) is 1. The SMILES string of the molecule is Cc1ccc(S(=O)(=O)Oc2cc(OCc3ccccc3)c(C(=O)N3CCc4cccc(NC(=O)OCC5c6ccccc6-c6ccccc65)c4C3)c(OS(=O)(=O)c3ccc(C)cc3)c2)cc1. The lowest BCUT2D eigenvalue weighted by molar-refractivity contribution is 0.0728. The third-order valence-electron chi connectivity index (χ3n) is 11.7. The van der Waals surface area contributed by atoms with Crippen molar-refractivity contribution in [3.05, 3.63) is 202 Å². The van der Waals surface area contributed by atoms with Crippen LogP contribution in [0.1, 0.15) is 55.2 Å². The van der Waals surface area contributed by atoms with Crippen molar-refractivity contribution in [1.29, 1.82) is 0 Å². The number of hydrogen-bond donors (Lipinski definition) is 1. The van der Waals surface area contributed by atoms with E-state index in [9.17, 15) is 21.6 Å². The first kappa shape index (κ1) is 43.8. The topological polar surface area (TPSA) is 155 Å². The van der Waals surface area contributed by atoms with Gasteiger partial charge in [0.05, 0.1) is 0 Å². The maximum absolute atomic E-state index is 15.1. The van der Waals surface area contributed by atoms with Gasteiger partial charge in [0.2, 0.25) is 0 Å². The van der Waals surface area contributed by atoms with Gasteiger partial charge in [0.15, 0.2) is 5.75 Å². The summed E-state index contributed by atoms with van der Waals surface area (Å²) in [4.78, 5) is 29.7. The second kappa shape index (κ2) is 18.2. The fourth-order valence-corrected chi connectivity index (χ4v) is 10.1. The minimum Gasteiger partial charge on any atom is -0.488 e. The molecule has 2 amide bonds. The molecule has 1 heterocycles. The standard InChI is InChI=1S/C52H44N2O10S2/c1-34-19-23-39(24-20-34)65(57,58)63-38-29-48(61-32-36-11-4-3-5-12-36)50(49(30-38)64-66(59,60)40-25-21-35(2)22-26-40)51(55)54-28-27-37-13-10-18-47(45(37)31-54)53-52(56)62-33-46-43-16-8-6-14-41(43)42-15-7-9-17-44(42)46/h3-26,29-30,46H,27-28,31-33H2,1-2H3,(H,53,56). The molecule has 0 aromatic heterocycles. The number of hydrogen-bond acceptors (Lipinski definition) is 10. The van der Waals surface area contributed by atoms with Crippen LogP contribution in [0.15, 0.2) is 168 Å². The monoisotopic (exact) mass is 920 g/mol. The molecule has 2 aliphatic rings. The van der Waals surface area contributed by atoms with Gasteiger partial charge in [-0.15, -0.1) is 0 Å². The van der Waals surface area contributed by atoms with Gasteiger partial charge in [-0.05, 0) is 89.5 Å². The van der Waals surface area contributed by atoms with E-state index in [-0.39, 0.29) is 59.1 Å². The molecule has 334 valence electrons. The third-order valence-corrected chi connectivity index (χ3v) is 14.2. The number of anilines is 1. The lowest BCUT2D eigenvalue weighted by Crippen LogP contribution is -2.37. The predicted octanol–water partition coefficient (Wildman–Crippen LogP) is 9.98. The Balaban J connectivity index is 1.04. The van der Waals surface area contributed by atoms with E-state index in [4.69, 9.17) is 17.8 Å². The summed E-state index contributed by atoms with van der Waals surface area (Å²) in [7, 11) is -9.09. The molecule has 0 unspecified atom stereocenters. The van der Waals surface area contributed by atoms with Crippen molar-refractivity contribution >= 4 is 37.9 Å². The normalized spacial score (nSPS) is 13.2. The Labute approximate surface area is 383 Å². The second-order valence-electron chi connectivity index (χ2n) is 16.1. The highest BCUT2D eigenvalue weighted by molar-refractivity contribution is 7.87. The maximum atomic E-state index is 15.1. The number of aryl methyl sites for hydroxylation is 2. The van der Waals surface area contributed by atoms with Crippen LogP contribution >= 0.6 is 0 Å². The Hall–Kier alpha value is -7.42. The van der Waals surface area contributed by atoms with Gasteiger partial charge in [0.1, 0.15) is 40.1 Å². The van der Waals surface area contributed by atoms with Crippen molar-refractivity contribution in [2.75, 3.05) is 18.5 Å². The van der Waals surface area contributed by atoms with E-state index in [0.29, 0.717) is 23.2 Å². The van der Waals surface area contributed by atoms with Crippen molar-refractivity contribution in [2.45, 2.75) is 49.1 Å². The zero-order valence-electron chi connectivity index (χ0n) is 36.0. The van der Waals surface area contributed by atoms with E-state index in [0.717, 1.165) is 45.0 Å². The minimum atomic E-state index is -4.62. The molecule has 12 nitrogen and oxygen atoms in total. The molecule has 66 heavy (non-hydrogen) atoms. The molecule has 7 aromatic rings. The Morgan fingerprint density at radius 2 is 1.23 bits per heavy atom. The number of nitrogens with zero attached hydrogens (tertiary/aromatic N) is 1. The van der Waals surface area contributed by atoms with Crippen molar-refractivity contribution in [3.63, 3.8) is 0 Å². The van der Waals surface area contributed by atoms with Gasteiger partial charge in [-0.3, -0.25) is 10.1 Å². The van der Waals surface area contributed by atoms with Gasteiger partial charge in [0.25, 0.3) is 5.91 Å². The van der Waals surface area contributed by atoms with Crippen LogP contribution < -0.4 is 18.4 Å². The Morgan fingerprint density at radius 1 is 0.652 bits per heavy atom. The van der Waals surface area contributed by atoms with E-state index in [1.807, 2.05) is 61.5 Å². The number of carbonyl (C=O) groups excluding carboxylic acids is 2. The first-order chi connectivity index (χ1) is 31.8. The first-order valence-electron chi connectivity index (χ1n) is 21.2. The summed E-state index contributed by atoms with van der Waals surface area (Å²) in [6.07, 6.45) is -0.284. The quantitative estimate of drug-likeness (QED) is 0.111. The van der Waals surface area contributed by atoms with Gasteiger partial charge in [0, 0.05) is 36.8 Å². The third kappa shape index (κ3) is 9.23. The highest BCUT2D eigenvalue weighted by Crippen LogP contribution is 2.45. The van der Waals surface area contributed by atoms with Crippen LogP contribution in [0, 0.1) is 13.8 Å². The molecular weight excluding hydrogens is 877 g/mol. The summed E-state index contributed by atoms with van der Waals surface area (Å²) in [5, 5.41) is 2.90. The van der Waals surface area contributed by atoms with E-state index in [2.05, 4.69) is 17.4 Å². The molecular formula is C52H44N2O10S2. The molecule has 0 radical (unpaired) electrons. The van der Waals surface area contributed by atoms with Gasteiger partial charge in [-0.2, -0.15) is 16.8 Å². The molecule has 0 fully saturated rings. The lowest BCUT2D eigenvalue weighted by atomic mass is 9.97. The van der Waals surface area contributed by atoms with Crippen LogP contribution in [0.25, 0.3) is 11.1 Å². The summed E-state index contributed by atoms with van der Waals surface area (Å²) in [6.45, 7) is 3.82. The fraction of sp³-hybridized carbons (Fsp3) is 0.154. The highest BCUT2D eigenvalue weighted by Gasteiger charge is 2.34. The van der Waals surface area contributed by atoms with Gasteiger partial charge in [-0.25, -0.2) is 4.79 Å². The lowest BCUT2D eigenvalue weighted by Gasteiger charge is -2.31. The minimum absolute atomic E-state index is 0.00364. The summed E-state index contributed by atoms with van der Waals surface area (Å²) in [5.41, 5.74) is 8.39. The van der Waals surface area contributed by atoms with E-state index in [1.54, 1.807) is 61.5 Å². The molecule has 9 rings (SSSR count). The summed E-state index contributed by atoms with van der Waals surface area (Å²) in [5.74, 6) is -1.89. The predicted molar refractivity (Wildman–Crippen MR) is 249 cm³/mol. The summed E-state index contributed by atoms with van der Waals surface area (Å²) in [6, 6.07) is 44.9. The molecule has 14 heteroatoms. The molecule has 0 saturated heterocycles. The Morgan fingerprint density at radius 3 is 1.86 bits per heavy atom.